The van der Waals surface area contributed by atoms with E-state index in [0.29, 0.717) is 23.1 Å². The van der Waals surface area contributed by atoms with E-state index >= 15 is 0 Å². The van der Waals surface area contributed by atoms with Crippen molar-refractivity contribution < 1.29 is 9.53 Å². The zero-order valence-corrected chi connectivity index (χ0v) is 14.4. The van der Waals surface area contributed by atoms with Crippen molar-refractivity contribution in [2.45, 2.75) is 0 Å². The van der Waals surface area contributed by atoms with Crippen LogP contribution in [-0.2, 0) is 4.79 Å². The van der Waals surface area contributed by atoms with Crippen LogP contribution in [-0.4, -0.2) is 32.4 Å². The highest BCUT2D eigenvalue weighted by Gasteiger charge is 2.09. The molecule has 8 heteroatoms. The number of aromatic amines is 1. The van der Waals surface area contributed by atoms with E-state index in [4.69, 9.17) is 16.2 Å². The molecule has 0 saturated heterocycles. The van der Waals surface area contributed by atoms with E-state index in [1.165, 1.54) is 0 Å². The number of amides is 1. The molecule has 1 amide bonds. The van der Waals surface area contributed by atoms with E-state index in [1.54, 1.807) is 24.5 Å². The predicted molar refractivity (Wildman–Crippen MR) is 103 cm³/mol. The van der Waals surface area contributed by atoms with Crippen LogP contribution < -0.4 is 16.2 Å². The number of H-pyrrole nitrogens is 1. The summed E-state index contributed by atoms with van der Waals surface area (Å²) in [5, 5.41) is 0. The summed E-state index contributed by atoms with van der Waals surface area (Å²) in [4.78, 5) is 26.0. The van der Waals surface area contributed by atoms with Crippen molar-refractivity contribution in [3.63, 3.8) is 0 Å². The van der Waals surface area contributed by atoms with Crippen LogP contribution in [0.5, 0.6) is 5.75 Å². The number of fused-ring (bicyclic) bond motifs is 1. The second-order valence-corrected chi connectivity index (χ2v) is 5.46. The first-order chi connectivity index (χ1) is 13.1. The number of hydrogen-bond donors (Lipinski definition) is 3. The molecule has 0 aliphatic carbocycles. The number of imidazole rings is 1. The fourth-order valence-electron chi connectivity index (χ4n) is 2.27. The summed E-state index contributed by atoms with van der Waals surface area (Å²) in [6.45, 7) is -0.0655. The number of nitrogen functional groups attached to an aromatic ring is 1. The van der Waals surface area contributed by atoms with Gasteiger partial charge in [0.05, 0.1) is 11.0 Å². The molecule has 136 valence electrons. The minimum absolute atomic E-state index is 0.0655. The first kappa shape index (κ1) is 17.9. The summed E-state index contributed by atoms with van der Waals surface area (Å²) in [7, 11) is 0. The number of benzene rings is 2. The molecule has 0 radical (unpaired) electrons. The van der Waals surface area contributed by atoms with E-state index in [-0.39, 0.29) is 6.61 Å². The molecule has 2 aromatic heterocycles. The van der Waals surface area contributed by atoms with Crippen LogP contribution in [0.3, 0.4) is 0 Å². The Balaban J connectivity index is 0.000000168. The summed E-state index contributed by atoms with van der Waals surface area (Å²) in [6, 6.07) is 16.8. The number of anilines is 1. The molecule has 0 atom stereocenters. The molecule has 0 bridgehead atoms. The van der Waals surface area contributed by atoms with Crippen molar-refractivity contribution in [2.75, 3.05) is 12.3 Å². The number of nitrogens with one attached hydrogen (secondary N) is 1. The van der Waals surface area contributed by atoms with Gasteiger partial charge in [0.2, 0.25) is 0 Å². The number of hydrogen-bond acceptors (Lipinski definition) is 6. The summed E-state index contributed by atoms with van der Waals surface area (Å²) in [6.07, 6.45) is 3.15. The highest BCUT2D eigenvalue weighted by molar-refractivity contribution is 5.80. The lowest BCUT2D eigenvalue weighted by atomic mass is 10.3. The normalized spacial score (nSPS) is 10.1. The molecule has 8 nitrogen and oxygen atoms in total. The van der Waals surface area contributed by atoms with E-state index in [2.05, 4.69) is 19.9 Å². The lowest BCUT2D eigenvalue weighted by Gasteiger charge is -2.00. The van der Waals surface area contributed by atoms with Gasteiger partial charge in [-0.1, -0.05) is 30.3 Å². The highest BCUT2D eigenvalue weighted by Crippen LogP contribution is 2.21. The molecule has 27 heavy (non-hydrogen) atoms. The number of ether oxygens (including phenoxy) is 1. The molecule has 0 saturated carbocycles. The molecule has 0 aliphatic rings. The van der Waals surface area contributed by atoms with Crippen LogP contribution >= 0.6 is 0 Å². The zero-order valence-electron chi connectivity index (χ0n) is 14.4. The topological polar surface area (TPSA) is 133 Å². The van der Waals surface area contributed by atoms with Gasteiger partial charge in [-0.2, -0.15) is 0 Å². The van der Waals surface area contributed by atoms with Crippen LogP contribution in [0.25, 0.3) is 22.6 Å². The smallest absolute Gasteiger partial charge is 0.255 e. The lowest BCUT2D eigenvalue weighted by Crippen LogP contribution is -2.19. The molecule has 2 heterocycles. The van der Waals surface area contributed by atoms with Gasteiger partial charge >= 0.3 is 0 Å². The van der Waals surface area contributed by atoms with Crippen molar-refractivity contribution >= 4 is 22.8 Å². The summed E-state index contributed by atoms with van der Waals surface area (Å²) < 4.78 is 4.99. The Morgan fingerprint density at radius 2 is 1.70 bits per heavy atom. The molecule has 4 rings (SSSR count). The van der Waals surface area contributed by atoms with Gasteiger partial charge in [-0.25, -0.2) is 15.0 Å². The van der Waals surface area contributed by atoms with Crippen LogP contribution in [0, 0.1) is 0 Å². The standard InChI is InChI=1S/C11H9N5.C8H9NO2/c12-10-9(13-5-6-14-10)11-15-7-3-1-2-4-8(7)16-11;9-8(10)6-11-7-4-2-1-3-5-7/h1-6H,(H2,12,14)(H,15,16);1-5H,6H2,(H2,9,10). The number of carbonyl (C=O) groups is 1. The number of rotatable bonds is 4. The number of nitrogens with two attached hydrogens (primary N) is 2. The zero-order chi connectivity index (χ0) is 19.1. The molecule has 0 spiro atoms. The molecule has 0 unspecified atom stereocenters. The largest absolute Gasteiger partial charge is 0.484 e. The monoisotopic (exact) mass is 362 g/mol. The maximum atomic E-state index is 10.3. The summed E-state index contributed by atoms with van der Waals surface area (Å²) in [5.41, 5.74) is 13.1. The lowest BCUT2D eigenvalue weighted by molar-refractivity contribution is -0.119. The van der Waals surface area contributed by atoms with E-state index in [0.717, 1.165) is 11.0 Å². The van der Waals surface area contributed by atoms with Gasteiger partial charge in [0, 0.05) is 12.4 Å². The highest BCUT2D eigenvalue weighted by atomic mass is 16.5. The van der Waals surface area contributed by atoms with E-state index in [1.807, 2.05) is 42.5 Å². The average molecular weight is 362 g/mol. The van der Waals surface area contributed by atoms with Gasteiger partial charge in [0.15, 0.2) is 18.2 Å². The maximum Gasteiger partial charge on any atom is 0.255 e. The summed E-state index contributed by atoms with van der Waals surface area (Å²) in [5.74, 6) is 1.22. The fraction of sp³-hybridized carbons (Fsp3) is 0.0526. The van der Waals surface area contributed by atoms with Crippen LogP contribution in [0.4, 0.5) is 5.82 Å². The number of primary amides is 1. The van der Waals surface area contributed by atoms with E-state index in [9.17, 15) is 4.79 Å². The van der Waals surface area contributed by atoms with Crippen molar-refractivity contribution in [2.24, 2.45) is 5.73 Å². The molecule has 5 N–H and O–H groups in total. The first-order valence-corrected chi connectivity index (χ1v) is 8.11. The average Bonchev–Trinajstić information content (AvgIpc) is 3.12. The van der Waals surface area contributed by atoms with Gasteiger partial charge in [-0.3, -0.25) is 4.79 Å². The number of para-hydroxylation sites is 3. The third-order valence-corrected chi connectivity index (χ3v) is 3.46. The van der Waals surface area contributed by atoms with Crippen molar-refractivity contribution in [3.05, 3.63) is 67.0 Å². The molecule has 2 aromatic carbocycles. The summed E-state index contributed by atoms with van der Waals surface area (Å²) >= 11 is 0. The Kier molecular flexibility index (Phi) is 5.58. The minimum Gasteiger partial charge on any atom is -0.484 e. The number of carbonyl (C=O) groups excluding carboxylic acids is 1. The molecular formula is C19H18N6O2. The van der Waals surface area contributed by atoms with Gasteiger partial charge in [-0.15, -0.1) is 0 Å². The minimum atomic E-state index is -0.464. The van der Waals surface area contributed by atoms with Gasteiger partial charge in [-0.05, 0) is 24.3 Å². The first-order valence-electron chi connectivity index (χ1n) is 8.11. The van der Waals surface area contributed by atoms with Crippen molar-refractivity contribution in [1.82, 2.24) is 19.9 Å². The molecular weight excluding hydrogens is 344 g/mol. The van der Waals surface area contributed by atoms with Crippen molar-refractivity contribution in [1.29, 1.82) is 0 Å². The Bertz CT molecular complexity index is 1000. The van der Waals surface area contributed by atoms with E-state index < -0.39 is 5.91 Å². The van der Waals surface area contributed by atoms with Crippen LogP contribution in [0.2, 0.25) is 0 Å². The molecule has 4 aromatic rings. The maximum absolute atomic E-state index is 10.3. The predicted octanol–water partition coefficient (Wildman–Crippen LogP) is 2.15. The second kappa shape index (κ2) is 8.43. The Hall–Kier alpha value is -3.94. The number of aromatic nitrogens is 4. The van der Waals surface area contributed by atoms with Crippen molar-refractivity contribution in [3.8, 4) is 17.3 Å². The third-order valence-electron chi connectivity index (χ3n) is 3.46. The van der Waals surface area contributed by atoms with Gasteiger partial charge < -0.3 is 21.2 Å². The quantitative estimate of drug-likeness (QED) is 0.509. The van der Waals surface area contributed by atoms with Gasteiger partial charge in [0.1, 0.15) is 11.4 Å². The number of nitrogens with zero attached hydrogens (tertiary/aromatic N) is 3. The fourth-order valence-corrected chi connectivity index (χ4v) is 2.27. The van der Waals surface area contributed by atoms with Gasteiger partial charge in [0.25, 0.3) is 5.91 Å². The third kappa shape index (κ3) is 4.79. The Morgan fingerprint density at radius 1 is 1.00 bits per heavy atom. The molecule has 0 fully saturated rings. The Morgan fingerprint density at radius 3 is 2.41 bits per heavy atom. The second-order valence-electron chi connectivity index (χ2n) is 5.46. The molecule has 0 aliphatic heterocycles. The van der Waals surface area contributed by atoms with Crippen LogP contribution in [0.1, 0.15) is 0 Å². The SMILES string of the molecule is NC(=O)COc1ccccc1.Nc1nccnc1-c1nc2ccccc2[nH]1. The van der Waals surface area contributed by atoms with Crippen LogP contribution in [0.15, 0.2) is 67.0 Å². The Labute approximate surface area is 155 Å².